The fraction of sp³-hybridized carbons (Fsp3) is 0.304. The Hall–Kier alpha value is -3.30. The van der Waals surface area contributed by atoms with Crippen LogP contribution in [0, 0.1) is 0 Å². The third-order valence-corrected chi connectivity index (χ3v) is 6.58. The molecule has 0 unspecified atom stereocenters. The van der Waals surface area contributed by atoms with Crippen molar-refractivity contribution in [1.29, 1.82) is 0 Å². The van der Waals surface area contributed by atoms with Crippen molar-refractivity contribution in [2.45, 2.75) is 39.0 Å². The van der Waals surface area contributed by atoms with Gasteiger partial charge in [0.05, 0.1) is 36.9 Å². The first-order valence-corrected chi connectivity index (χ1v) is 11.0. The number of amides is 1. The van der Waals surface area contributed by atoms with E-state index >= 15 is 0 Å². The summed E-state index contributed by atoms with van der Waals surface area (Å²) in [6.07, 6.45) is 2.14. The molecule has 0 bridgehead atoms. The molecule has 8 nitrogen and oxygen atoms in total. The first-order chi connectivity index (χ1) is 15.3. The first kappa shape index (κ1) is 20.6. The first-order valence-electron chi connectivity index (χ1n) is 10.2. The van der Waals surface area contributed by atoms with E-state index in [1.165, 1.54) is 22.2 Å². The largest absolute Gasteiger partial charge is 0.497 e. The van der Waals surface area contributed by atoms with Crippen molar-refractivity contribution < 1.29 is 14.3 Å². The summed E-state index contributed by atoms with van der Waals surface area (Å²) in [5, 5.41) is 3.63. The summed E-state index contributed by atoms with van der Waals surface area (Å²) < 4.78 is 12.8. The zero-order chi connectivity index (χ0) is 22.5. The Kier molecular flexibility index (Phi) is 4.94. The van der Waals surface area contributed by atoms with Crippen LogP contribution in [-0.4, -0.2) is 33.2 Å². The molecule has 5 rings (SSSR count). The fourth-order valence-corrected chi connectivity index (χ4v) is 4.90. The van der Waals surface area contributed by atoms with Crippen LogP contribution < -0.4 is 15.6 Å². The average molecular weight is 451 g/mol. The molecule has 0 aliphatic carbocycles. The van der Waals surface area contributed by atoms with E-state index in [1.807, 2.05) is 19.9 Å². The predicted octanol–water partition coefficient (Wildman–Crippen LogP) is 3.50. The molecule has 4 aromatic rings. The predicted molar refractivity (Wildman–Crippen MR) is 123 cm³/mol. The maximum Gasteiger partial charge on any atom is 0.271 e. The number of ether oxygens (including phenoxy) is 2. The number of nitrogens with zero attached hydrogens (tertiary/aromatic N) is 3. The monoisotopic (exact) mass is 450 g/mol. The van der Waals surface area contributed by atoms with Crippen LogP contribution in [-0.2, 0) is 29.1 Å². The van der Waals surface area contributed by atoms with Crippen molar-refractivity contribution >= 4 is 43.4 Å². The van der Waals surface area contributed by atoms with Gasteiger partial charge in [-0.1, -0.05) is 0 Å². The quantitative estimate of drug-likeness (QED) is 0.511. The summed E-state index contributed by atoms with van der Waals surface area (Å²) >= 11 is 1.32. The van der Waals surface area contributed by atoms with E-state index in [0.29, 0.717) is 28.3 Å². The van der Waals surface area contributed by atoms with Crippen molar-refractivity contribution in [3.8, 4) is 5.75 Å². The lowest BCUT2D eigenvalue weighted by atomic mass is 9.95. The number of fused-ring (bicyclic) bond motifs is 4. The van der Waals surface area contributed by atoms with E-state index < -0.39 is 0 Å². The molecule has 1 aliphatic rings. The van der Waals surface area contributed by atoms with Crippen molar-refractivity contribution in [2.75, 3.05) is 12.4 Å². The topological polar surface area (TPSA) is 95.3 Å². The molecular weight excluding hydrogens is 428 g/mol. The highest BCUT2D eigenvalue weighted by Crippen LogP contribution is 2.34. The molecule has 0 atom stereocenters. The normalized spacial score (nSPS) is 15.0. The summed E-state index contributed by atoms with van der Waals surface area (Å²) in [6.45, 7) is 4.45. The third-order valence-electron chi connectivity index (χ3n) is 5.51. The minimum absolute atomic E-state index is 0.131. The SMILES string of the molecule is COc1ccc(NC(=O)Cn2cnc3c(sc4nc5c(cc43)COC(C)(C)C5)c2=O)cc1. The van der Waals surface area contributed by atoms with Crippen molar-refractivity contribution in [1.82, 2.24) is 14.5 Å². The molecule has 3 aromatic heterocycles. The average Bonchev–Trinajstić information content (AvgIpc) is 3.12. The number of methoxy groups -OCH3 is 1. The summed E-state index contributed by atoms with van der Waals surface area (Å²) in [4.78, 5) is 35.6. The van der Waals surface area contributed by atoms with Gasteiger partial charge in [-0.15, -0.1) is 11.3 Å². The molecule has 4 heterocycles. The number of carbonyl (C=O) groups is 1. The Labute approximate surface area is 187 Å². The van der Waals surface area contributed by atoms with E-state index in [1.54, 1.807) is 31.4 Å². The molecule has 0 spiro atoms. The van der Waals surface area contributed by atoms with Crippen LogP contribution in [0.4, 0.5) is 5.69 Å². The van der Waals surface area contributed by atoms with Gasteiger partial charge in [0, 0.05) is 23.1 Å². The fourth-order valence-electron chi connectivity index (χ4n) is 3.82. The number of thiophene rings is 1. The van der Waals surface area contributed by atoms with Crippen LogP contribution >= 0.6 is 11.3 Å². The van der Waals surface area contributed by atoms with Gasteiger partial charge in [-0.2, -0.15) is 0 Å². The summed E-state index contributed by atoms with van der Waals surface area (Å²) in [5.41, 5.74) is 2.76. The van der Waals surface area contributed by atoms with Crippen LogP contribution in [0.2, 0.25) is 0 Å². The maximum atomic E-state index is 13.1. The summed E-state index contributed by atoms with van der Waals surface area (Å²) in [7, 11) is 1.58. The van der Waals surface area contributed by atoms with Gasteiger partial charge >= 0.3 is 0 Å². The standard InChI is InChI=1S/C23H22N4O4S/c1-23(2)9-17-13(11-31-23)8-16-19-20(32-21(16)26-17)22(29)27(12-24-19)10-18(28)25-14-4-6-15(30-3)7-5-14/h4-8,12H,9-11H2,1-3H3,(H,25,28). The number of nitrogens with one attached hydrogen (secondary N) is 1. The Morgan fingerprint density at radius 3 is 2.84 bits per heavy atom. The summed E-state index contributed by atoms with van der Waals surface area (Å²) in [6, 6.07) is 9.02. The number of aromatic nitrogens is 3. The van der Waals surface area contributed by atoms with Gasteiger partial charge in [0.2, 0.25) is 5.91 Å². The van der Waals surface area contributed by atoms with Gasteiger partial charge in [0.15, 0.2) is 0 Å². The maximum absolute atomic E-state index is 13.1. The highest BCUT2D eigenvalue weighted by atomic mass is 32.1. The van der Waals surface area contributed by atoms with Crippen molar-refractivity contribution in [3.63, 3.8) is 0 Å². The van der Waals surface area contributed by atoms with Crippen LogP contribution in [0.3, 0.4) is 0 Å². The number of rotatable bonds is 4. The Bertz CT molecular complexity index is 1410. The third kappa shape index (κ3) is 3.74. The lowest BCUT2D eigenvalue weighted by molar-refractivity contribution is -0.116. The number of carbonyl (C=O) groups excluding carboxylic acids is 1. The molecule has 32 heavy (non-hydrogen) atoms. The smallest absolute Gasteiger partial charge is 0.271 e. The molecule has 1 amide bonds. The Morgan fingerprint density at radius 1 is 1.31 bits per heavy atom. The summed E-state index contributed by atoms with van der Waals surface area (Å²) in [5.74, 6) is 0.386. The number of hydrogen-bond acceptors (Lipinski definition) is 7. The highest BCUT2D eigenvalue weighted by Gasteiger charge is 2.28. The molecule has 0 saturated heterocycles. The molecule has 1 N–H and O–H groups in total. The Balaban J connectivity index is 1.44. The van der Waals surface area contributed by atoms with Gasteiger partial charge in [-0.3, -0.25) is 14.2 Å². The van der Waals surface area contributed by atoms with E-state index in [-0.39, 0.29) is 23.6 Å². The molecule has 0 fully saturated rings. The zero-order valence-electron chi connectivity index (χ0n) is 18.0. The molecule has 164 valence electrons. The van der Waals surface area contributed by atoms with Crippen LogP contribution in [0.1, 0.15) is 25.1 Å². The second-order valence-electron chi connectivity index (χ2n) is 8.41. The van der Waals surface area contributed by atoms with E-state index in [0.717, 1.165) is 27.9 Å². The molecule has 9 heteroatoms. The van der Waals surface area contributed by atoms with Gasteiger partial charge in [0.25, 0.3) is 5.56 Å². The van der Waals surface area contributed by atoms with Crippen LogP contribution in [0.25, 0.3) is 20.4 Å². The van der Waals surface area contributed by atoms with Crippen molar-refractivity contribution in [2.24, 2.45) is 0 Å². The molecule has 0 radical (unpaired) electrons. The van der Waals surface area contributed by atoms with E-state index in [9.17, 15) is 9.59 Å². The minimum Gasteiger partial charge on any atom is -0.497 e. The number of hydrogen-bond donors (Lipinski definition) is 1. The number of pyridine rings is 1. The van der Waals surface area contributed by atoms with Crippen LogP contribution in [0.5, 0.6) is 5.75 Å². The molecule has 1 aliphatic heterocycles. The zero-order valence-corrected chi connectivity index (χ0v) is 18.8. The van der Waals surface area contributed by atoms with Crippen molar-refractivity contribution in [3.05, 3.63) is 58.3 Å². The number of benzene rings is 1. The van der Waals surface area contributed by atoms with Gasteiger partial charge in [-0.05, 0) is 44.2 Å². The number of anilines is 1. The van der Waals surface area contributed by atoms with Gasteiger partial charge < -0.3 is 14.8 Å². The second-order valence-corrected chi connectivity index (χ2v) is 9.41. The molecular formula is C23H22N4O4S. The van der Waals surface area contributed by atoms with E-state index in [4.69, 9.17) is 14.5 Å². The lowest BCUT2D eigenvalue weighted by Crippen LogP contribution is -2.32. The highest BCUT2D eigenvalue weighted by molar-refractivity contribution is 7.25. The molecule has 0 saturated carbocycles. The van der Waals surface area contributed by atoms with Gasteiger partial charge in [-0.25, -0.2) is 9.97 Å². The minimum atomic E-state index is -0.313. The van der Waals surface area contributed by atoms with Gasteiger partial charge in [0.1, 0.15) is 21.8 Å². The van der Waals surface area contributed by atoms with Crippen LogP contribution in [0.15, 0.2) is 41.5 Å². The molecule has 1 aromatic carbocycles. The Morgan fingerprint density at radius 2 is 2.09 bits per heavy atom. The lowest BCUT2D eigenvalue weighted by Gasteiger charge is -2.30. The second kappa shape index (κ2) is 7.68. The van der Waals surface area contributed by atoms with E-state index in [2.05, 4.69) is 10.3 Å².